The molecular formula is C14H19N3O. The van der Waals surface area contributed by atoms with Crippen molar-refractivity contribution in [3.8, 4) is 0 Å². The van der Waals surface area contributed by atoms with E-state index in [2.05, 4.69) is 41.3 Å². The Hall–Kier alpha value is -1.68. The third kappa shape index (κ3) is 3.17. The fourth-order valence-electron chi connectivity index (χ4n) is 1.99. The average Bonchev–Trinajstić information content (AvgIpc) is 2.79. The van der Waals surface area contributed by atoms with E-state index in [1.165, 1.54) is 11.9 Å². The molecule has 0 radical (unpaired) electrons. The van der Waals surface area contributed by atoms with Gasteiger partial charge in [0.05, 0.1) is 6.10 Å². The van der Waals surface area contributed by atoms with Crippen LogP contribution in [0.5, 0.6) is 0 Å². The predicted octanol–water partition coefficient (Wildman–Crippen LogP) is 1.75. The van der Waals surface area contributed by atoms with Crippen LogP contribution in [0.3, 0.4) is 0 Å². The summed E-state index contributed by atoms with van der Waals surface area (Å²) in [6.07, 6.45) is 2.32. The Morgan fingerprint density at radius 3 is 2.61 bits per heavy atom. The molecule has 0 aliphatic rings. The van der Waals surface area contributed by atoms with E-state index >= 15 is 0 Å². The first-order valence-corrected chi connectivity index (χ1v) is 6.29. The number of aliphatic hydroxyl groups is 1. The lowest BCUT2D eigenvalue weighted by atomic mass is 10.0. The van der Waals surface area contributed by atoms with Crippen LogP contribution in [0, 0.1) is 6.92 Å². The summed E-state index contributed by atoms with van der Waals surface area (Å²) in [6.45, 7) is 4.86. The van der Waals surface area contributed by atoms with Crippen LogP contribution < -0.4 is 0 Å². The van der Waals surface area contributed by atoms with Gasteiger partial charge in [0.15, 0.2) is 0 Å². The number of benzene rings is 1. The second-order valence-electron chi connectivity index (χ2n) is 4.54. The van der Waals surface area contributed by atoms with Gasteiger partial charge in [0.1, 0.15) is 12.2 Å². The summed E-state index contributed by atoms with van der Waals surface area (Å²) in [5.74, 6) is 0.845. The maximum absolute atomic E-state index is 10.1. The number of aliphatic hydroxyl groups excluding tert-OH is 1. The third-order valence-electron chi connectivity index (χ3n) is 3.01. The van der Waals surface area contributed by atoms with Crippen molar-refractivity contribution < 1.29 is 5.11 Å². The molecule has 0 aliphatic carbocycles. The van der Waals surface area contributed by atoms with Gasteiger partial charge in [-0.2, -0.15) is 5.10 Å². The number of aryl methyl sites for hydroxylation is 2. The van der Waals surface area contributed by atoms with Crippen LogP contribution in [0.2, 0.25) is 0 Å². The van der Waals surface area contributed by atoms with E-state index in [0.29, 0.717) is 12.8 Å². The molecule has 0 aliphatic heterocycles. The molecule has 2 aromatic rings. The summed E-state index contributed by atoms with van der Waals surface area (Å²) < 4.78 is 1.82. The largest absolute Gasteiger partial charge is 0.392 e. The minimum Gasteiger partial charge on any atom is -0.392 e. The second kappa shape index (κ2) is 5.78. The van der Waals surface area contributed by atoms with Crippen LogP contribution in [0.1, 0.15) is 23.9 Å². The Morgan fingerprint density at radius 1 is 1.22 bits per heavy atom. The van der Waals surface area contributed by atoms with Gasteiger partial charge in [0.25, 0.3) is 0 Å². The van der Waals surface area contributed by atoms with E-state index in [9.17, 15) is 5.11 Å². The molecule has 0 bridgehead atoms. The molecule has 1 aromatic heterocycles. The van der Waals surface area contributed by atoms with Crippen molar-refractivity contribution in [1.82, 2.24) is 14.8 Å². The summed E-state index contributed by atoms with van der Waals surface area (Å²) in [4.78, 5) is 4.17. The van der Waals surface area contributed by atoms with E-state index in [4.69, 9.17) is 0 Å². The molecule has 1 N–H and O–H groups in total. The summed E-state index contributed by atoms with van der Waals surface area (Å²) in [5.41, 5.74) is 2.38. The minimum atomic E-state index is -0.415. The highest BCUT2D eigenvalue weighted by atomic mass is 16.3. The first-order chi connectivity index (χ1) is 8.69. The van der Waals surface area contributed by atoms with Gasteiger partial charge < -0.3 is 5.11 Å². The van der Waals surface area contributed by atoms with E-state index < -0.39 is 6.10 Å². The van der Waals surface area contributed by atoms with Crippen LogP contribution >= 0.6 is 0 Å². The van der Waals surface area contributed by atoms with Crippen molar-refractivity contribution in [2.45, 2.75) is 39.3 Å². The molecule has 0 spiro atoms. The third-order valence-corrected chi connectivity index (χ3v) is 3.01. The number of rotatable bonds is 5. The van der Waals surface area contributed by atoms with Gasteiger partial charge in [-0.1, -0.05) is 29.8 Å². The van der Waals surface area contributed by atoms with Crippen LogP contribution in [-0.4, -0.2) is 26.0 Å². The molecule has 1 heterocycles. The molecule has 0 saturated carbocycles. The van der Waals surface area contributed by atoms with Crippen molar-refractivity contribution in [3.05, 3.63) is 47.5 Å². The van der Waals surface area contributed by atoms with Crippen molar-refractivity contribution in [2.75, 3.05) is 0 Å². The monoisotopic (exact) mass is 245 g/mol. The van der Waals surface area contributed by atoms with E-state index in [1.54, 1.807) is 0 Å². The Labute approximate surface area is 107 Å². The van der Waals surface area contributed by atoms with Gasteiger partial charge >= 0.3 is 0 Å². The predicted molar refractivity (Wildman–Crippen MR) is 70.3 cm³/mol. The molecule has 4 nitrogen and oxygen atoms in total. The van der Waals surface area contributed by atoms with Gasteiger partial charge in [-0.3, -0.25) is 4.68 Å². The summed E-state index contributed by atoms with van der Waals surface area (Å²) in [7, 11) is 0. The Morgan fingerprint density at radius 2 is 1.94 bits per heavy atom. The Bertz CT molecular complexity index is 490. The molecule has 1 aromatic carbocycles. The topological polar surface area (TPSA) is 50.9 Å². The van der Waals surface area contributed by atoms with Crippen LogP contribution in [-0.2, 0) is 19.4 Å². The van der Waals surface area contributed by atoms with Crippen LogP contribution in [0.4, 0.5) is 0 Å². The lowest BCUT2D eigenvalue weighted by molar-refractivity contribution is 0.171. The van der Waals surface area contributed by atoms with Gasteiger partial charge in [-0.05, 0) is 25.8 Å². The number of hydrogen-bond acceptors (Lipinski definition) is 3. The van der Waals surface area contributed by atoms with Crippen molar-refractivity contribution >= 4 is 0 Å². The highest BCUT2D eigenvalue weighted by Crippen LogP contribution is 2.09. The van der Waals surface area contributed by atoms with Gasteiger partial charge in [0, 0.05) is 13.0 Å². The van der Waals surface area contributed by atoms with E-state index in [0.717, 1.165) is 17.9 Å². The zero-order valence-electron chi connectivity index (χ0n) is 10.9. The maximum Gasteiger partial charge on any atom is 0.138 e. The fraction of sp³-hybridized carbons (Fsp3) is 0.429. The fourth-order valence-corrected chi connectivity index (χ4v) is 1.99. The first-order valence-electron chi connectivity index (χ1n) is 6.29. The smallest absolute Gasteiger partial charge is 0.138 e. The molecule has 18 heavy (non-hydrogen) atoms. The van der Waals surface area contributed by atoms with Gasteiger partial charge in [-0.25, -0.2) is 4.98 Å². The standard InChI is InChI=1S/C14H19N3O/c1-3-17-14(15-10-16-17)9-13(18)8-12-6-4-11(2)5-7-12/h4-7,10,13,18H,3,8-9H2,1-2H3. The van der Waals surface area contributed by atoms with E-state index in [-0.39, 0.29) is 0 Å². The Kier molecular flexibility index (Phi) is 4.10. The lowest BCUT2D eigenvalue weighted by Gasteiger charge is -2.11. The Balaban J connectivity index is 1.96. The zero-order valence-corrected chi connectivity index (χ0v) is 10.9. The summed E-state index contributed by atoms with van der Waals surface area (Å²) in [5, 5.41) is 14.2. The van der Waals surface area contributed by atoms with Gasteiger partial charge in [0.2, 0.25) is 0 Å². The number of nitrogens with zero attached hydrogens (tertiary/aromatic N) is 3. The molecule has 0 saturated heterocycles. The second-order valence-corrected chi connectivity index (χ2v) is 4.54. The van der Waals surface area contributed by atoms with Gasteiger partial charge in [-0.15, -0.1) is 0 Å². The molecule has 4 heteroatoms. The highest BCUT2D eigenvalue weighted by molar-refractivity contribution is 5.21. The molecule has 0 amide bonds. The summed E-state index contributed by atoms with van der Waals surface area (Å²) >= 11 is 0. The van der Waals surface area contributed by atoms with Crippen molar-refractivity contribution in [1.29, 1.82) is 0 Å². The van der Waals surface area contributed by atoms with Crippen molar-refractivity contribution in [2.24, 2.45) is 0 Å². The zero-order chi connectivity index (χ0) is 13.0. The van der Waals surface area contributed by atoms with Crippen LogP contribution in [0.25, 0.3) is 0 Å². The molecule has 96 valence electrons. The highest BCUT2D eigenvalue weighted by Gasteiger charge is 2.11. The number of aromatic nitrogens is 3. The summed E-state index contributed by atoms with van der Waals surface area (Å²) in [6, 6.07) is 8.25. The van der Waals surface area contributed by atoms with Crippen LogP contribution in [0.15, 0.2) is 30.6 Å². The SMILES string of the molecule is CCn1ncnc1CC(O)Cc1ccc(C)cc1. The molecule has 1 atom stereocenters. The maximum atomic E-state index is 10.1. The normalized spacial score (nSPS) is 12.6. The molecular weight excluding hydrogens is 226 g/mol. The van der Waals surface area contributed by atoms with E-state index in [1.807, 2.05) is 11.6 Å². The molecule has 2 rings (SSSR count). The van der Waals surface area contributed by atoms with Crippen molar-refractivity contribution in [3.63, 3.8) is 0 Å². The molecule has 0 fully saturated rings. The lowest BCUT2D eigenvalue weighted by Crippen LogP contribution is -2.17. The minimum absolute atomic E-state index is 0.415. The number of hydrogen-bond donors (Lipinski definition) is 1. The molecule has 1 unspecified atom stereocenters. The first kappa shape index (κ1) is 12.8. The quantitative estimate of drug-likeness (QED) is 0.873. The average molecular weight is 245 g/mol.